The molecule has 4 aliphatic carbocycles. The third-order valence-electron chi connectivity index (χ3n) is 7.92. The van der Waals surface area contributed by atoms with E-state index in [1.165, 1.54) is 9.80 Å². The molecular formula is C24H28N2O6. The average molecular weight is 440 g/mol. The molecule has 2 bridgehead atoms. The zero-order valence-corrected chi connectivity index (χ0v) is 17.9. The van der Waals surface area contributed by atoms with E-state index in [1.54, 1.807) is 12.2 Å². The van der Waals surface area contributed by atoms with Crippen LogP contribution in [0.3, 0.4) is 0 Å². The molecule has 2 aliphatic heterocycles. The van der Waals surface area contributed by atoms with Crippen LogP contribution in [0.4, 0.5) is 0 Å². The fourth-order valence-electron chi connectivity index (χ4n) is 6.81. The van der Waals surface area contributed by atoms with Gasteiger partial charge in [-0.05, 0) is 23.7 Å². The number of nitrogens with zero attached hydrogens (tertiary/aromatic N) is 2. The largest absolute Gasteiger partial charge is 0.376 e. The van der Waals surface area contributed by atoms with E-state index in [2.05, 4.69) is 13.2 Å². The topological polar surface area (TPSA) is 93.2 Å². The first kappa shape index (κ1) is 21.3. The van der Waals surface area contributed by atoms with Gasteiger partial charge in [0.25, 0.3) is 0 Å². The molecule has 0 N–H and O–H groups in total. The lowest BCUT2D eigenvalue weighted by Crippen LogP contribution is -2.63. The highest BCUT2D eigenvalue weighted by Gasteiger charge is 2.74. The van der Waals surface area contributed by atoms with Crippen molar-refractivity contribution in [2.75, 3.05) is 39.5 Å². The van der Waals surface area contributed by atoms with E-state index in [1.807, 2.05) is 12.2 Å². The van der Waals surface area contributed by atoms with Crippen LogP contribution in [-0.4, -0.2) is 72.9 Å². The zero-order chi connectivity index (χ0) is 22.6. The highest BCUT2D eigenvalue weighted by molar-refractivity contribution is 6.09. The number of carbonyl (C=O) groups excluding carboxylic acids is 4. The van der Waals surface area contributed by atoms with Crippen LogP contribution in [0.25, 0.3) is 0 Å². The Hall–Kier alpha value is -2.58. The highest BCUT2D eigenvalue weighted by atomic mass is 16.5. The summed E-state index contributed by atoms with van der Waals surface area (Å²) in [7, 11) is 0. The highest BCUT2D eigenvalue weighted by Crippen LogP contribution is 2.68. The van der Waals surface area contributed by atoms with Gasteiger partial charge in [0.15, 0.2) is 0 Å². The van der Waals surface area contributed by atoms with Crippen molar-refractivity contribution in [1.82, 2.24) is 9.80 Å². The Morgan fingerprint density at radius 3 is 1.44 bits per heavy atom. The van der Waals surface area contributed by atoms with Crippen LogP contribution in [0, 0.1) is 47.3 Å². The van der Waals surface area contributed by atoms with Crippen molar-refractivity contribution in [3.8, 4) is 0 Å². The van der Waals surface area contributed by atoms with Crippen LogP contribution >= 0.6 is 0 Å². The maximum absolute atomic E-state index is 13.2. The van der Waals surface area contributed by atoms with Crippen molar-refractivity contribution in [3.05, 3.63) is 37.5 Å². The van der Waals surface area contributed by atoms with Gasteiger partial charge in [-0.25, -0.2) is 0 Å². The van der Waals surface area contributed by atoms with Crippen molar-refractivity contribution < 1.29 is 28.7 Å². The van der Waals surface area contributed by atoms with Gasteiger partial charge in [-0.1, -0.05) is 24.3 Å². The van der Waals surface area contributed by atoms with E-state index in [0.717, 1.165) is 0 Å². The third-order valence-corrected chi connectivity index (χ3v) is 7.92. The van der Waals surface area contributed by atoms with Gasteiger partial charge in [-0.3, -0.25) is 29.0 Å². The molecule has 4 fully saturated rings. The van der Waals surface area contributed by atoms with Crippen molar-refractivity contribution in [2.45, 2.75) is 0 Å². The number of hydrogen-bond donors (Lipinski definition) is 0. The van der Waals surface area contributed by atoms with Gasteiger partial charge in [-0.2, -0.15) is 0 Å². The summed E-state index contributed by atoms with van der Waals surface area (Å²) in [5, 5.41) is 0. The number of amides is 4. The Balaban J connectivity index is 1.33. The van der Waals surface area contributed by atoms with E-state index < -0.39 is 23.7 Å². The number of ether oxygens (including phenoxy) is 2. The van der Waals surface area contributed by atoms with Crippen LogP contribution < -0.4 is 0 Å². The fraction of sp³-hybridized carbons (Fsp3) is 0.583. The molecular weight excluding hydrogens is 412 g/mol. The molecule has 8 heteroatoms. The number of carbonyl (C=O) groups is 4. The predicted molar refractivity (Wildman–Crippen MR) is 113 cm³/mol. The van der Waals surface area contributed by atoms with Crippen LogP contribution in [0.1, 0.15) is 0 Å². The smallest absolute Gasteiger partial charge is 0.233 e. The first-order chi connectivity index (χ1) is 15.5. The molecule has 0 aromatic carbocycles. The minimum absolute atomic E-state index is 0.0551. The summed E-state index contributed by atoms with van der Waals surface area (Å²) in [5.41, 5.74) is 0. The molecule has 0 spiro atoms. The summed E-state index contributed by atoms with van der Waals surface area (Å²) in [5.74, 6) is -2.79. The van der Waals surface area contributed by atoms with Crippen LogP contribution in [0.5, 0.6) is 0 Å². The molecule has 170 valence electrons. The lowest BCUT2D eigenvalue weighted by atomic mass is 9.40. The maximum Gasteiger partial charge on any atom is 0.233 e. The second kappa shape index (κ2) is 8.08. The standard InChI is InChI=1S/C24H28N2O6/c1-3-9-31-11-7-25-21(27)17-13-5-6-14(18(17)22(25)28)16-15(13)19-20(16)24(30)26(23(19)29)8-12-32-10-4-2/h3-6,13-20H,1-2,7-12H2/t13-,14+,15+,16-,17+,18-,19+,20-. The Bertz CT molecular complexity index is 856. The number of rotatable bonds is 10. The minimum Gasteiger partial charge on any atom is -0.376 e. The fourth-order valence-corrected chi connectivity index (χ4v) is 6.81. The number of fused-ring (bicyclic) bond motifs is 1. The molecule has 0 aromatic rings. The summed E-state index contributed by atoms with van der Waals surface area (Å²) >= 11 is 0. The van der Waals surface area contributed by atoms with Crippen LogP contribution in [0.2, 0.25) is 0 Å². The molecule has 8 atom stereocenters. The Kier molecular flexibility index (Phi) is 5.37. The van der Waals surface area contributed by atoms with E-state index in [0.29, 0.717) is 13.2 Å². The Morgan fingerprint density at radius 2 is 1.06 bits per heavy atom. The van der Waals surface area contributed by atoms with Crippen LogP contribution in [0.15, 0.2) is 37.5 Å². The first-order valence-electron chi connectivity index (χ1n) is 11.3. The quantitative estimate of drug-likeness (QED) is 0.281. The van der Waals surface area contributed by atoms with E-state index >= 15 is 0 Å². The summed E-state index contributed by atoms with van der Waals surface area (Å²) in [6.07, 6.45) is 7.27. The van der Waals surface area contributed by atoms with Crippen molar-refractivity contribution in [1.29, 1.82) is 0 Å². The second-order valence-corrected chi connectivity index (χ2v) is 9.18. The molecule has 0 aromatic heterocycles. The predicted octanol–water partition coefficient (Wildman–Crippen LogP) is 0.656. The van der Waals surface area contributed by atoms with Gasteiger partial charge >= 0.3 is 0 Å². The van der Waals surface area contributed by atoms with E-state index in [-0.39, 0.29) is 73.6 Å². The summed E-state index contributed by atoms with van der Waals surface area (Å²) in [4.78, 5) is 55.2. The Labute approximate surface area is 186 Å². The summed E-state index contributed by atoms with van der Waals surface area (Å²) in [6, 6.07) is 0. The van der Waals surface area contributed by atoms with Gasteiger partial charge in [0, 0.05) is 0 Å². The number of imide groups is 2. The maximum atomic E-state index is 13.2. The van der Waals surface area contributed by atoms with Crippen molar-refractivity contribution >= 4 is 23.6 Å². The Morgan fingerprint density at radius 1 is 0.688 bits per heavy atom. The monoisotopic (exact) mass is 440 g/mol. The number of likely N-dealkylation sites (tertiary alicyclic amines) is 2. The van der Waals surface area contributed by atoms with Gasteiger partial charge in [0.2, 0.25) is 23.6 Å². The molecule has 2 saturated carbocycles. The van der Waals surface area contributed by atoms with Gasteiger partial charge in [0.1, 0.15) is 0 Å². The molecule has 8 nitrogen and oxygen atoms in total. The van der Waals surface area contributed by atoms with Crippen LogP contribution in [-0.2, 0) is 28.7 Å². The average Bonchev–Trinajstić information content (AvgIpc) is 3.14. The minimum atomic E-state index is -0.438. The molecule has 6 rings (SSSR count). The molecule has 4 amide bonds. The first-order valence-corrected chi connectivity index (χ1v) is 11.3. The second-order valence-electron chi connectivity index (χ2n) is 9.18. The SMILES string of the molecule is C=CCOCCN1C(=O)[C@@H]2[C@H]3C=C[C@@H]([C@@H]2C1=O)[C@@H]1[C@@H]2C(=O)N(CCOCC=C)C(=O)[C@@H]2[C@H]31. The van der Waals surface area contributed by atoms with Gasteiger partial charge in [-0.15, -0.1) is 13.2 Å². The third kappa shape index (κ3) is 2.82. The van der Waals surface area contributed by atoms with Crippen molar-refractivity contribution in [2.24, 2.45) is 47.3 Å². The molecule has 6 aliphatic rings. The summed E-state index contributed by atoms with van der Waals surface area (Å²) < 4.78 is 10.7. The lowest BCUT2D eigenvalue weighted by molar-refractivity contribution is -0.166. The zero-order valence-electron chi connectivity index (χ0n) is 17.9. The van der Waals surface area contributed by atoms with Crippen molar-refractivity contribution in [3.63, 3.8) is 0 Å². The van der Waals surface area contributed by atoms with E-state index in [9.17, 15) is 19.2 Å². The molecule has 32 heavy (non-hydrogen) atoms. The number of hydrogen-bond acceptors (Lipinski definition) is 6. The lowest BCUT2D eigenvalue weighted by Gasteiger charge is -2.60. The van der Waals surface area contributed by atoms with E-state index in [4.69, 9.17) is 9.47 Å². The molecule has 0 unspecified atom stereocenters. The summed E-state index contributed by atoms with van der Waals surface area (Å²) in [6.45, 7) is 8.89. The molecule has 2 heterocycles. The number of allylic oxidation sites excluding steroid dienone is 2. The normalized spacial score (nSPS) is 38.6. The van der Waals surface area contributed by atoms with Gasteiger partial charge in [0.05, 0.1) is 63.2 Å². The molecule has 2 saturated heterocycles. The van der Waals surface area contributed by atoms with Gasteiger partial charge < -0.3 is 9.47 Å². The molecule has 0 radical (unpaired) electrons.